The van der Waals surface area contributed by atoms with Gasteiger partial charge in [0.05, 0.1) is 11.0 Å². The van der Waals surface area contributed by atoms with E-state index < -0.39 is 4.92 Å². The van der Waals surface area contributed by atoms with Gasteiger partial charge in [0, 0.05) is 5.56 Å². The zero-order valence-electron chi connectivity index (χ0n) is 8.64. The first kappa shape index (κ1) is 10.7. The van der Waals surface area contributed by atoms with Crippen molar-refractivity contribution in [3.05, 3.63) is 27.8 Å². The van der Waals surface area contributed by atoms with Gasteiger partial charge in [-0.3, -0.25) is 10.1 Å². The fraction of sp³-hybridized carbons (Fsp3) is 0.400. The number of nitro groups is 1. The molecule has 1 aromatic rings. The highest BCUT2D eigenvalue weighted by atomic mass is 16.7. The van der Waals surface area contributed by atoms with Crippen LogP contribution in [0.25, 0.3) is 0 Å². The van der Waals surface area contributed by atoms with Crippen molar-refractivity contribution in [3.63, 3.8) is 0 Å². The topological polar surface area (TPSA) is 87.6 Å². The minimum absolute atomic E-state index is 0.0673. The highest BCUT2D eigenvalue weighted by Gasteiger charge is 2.22. The monoisotopic (exact) mass is 224 g/mol. The maximum atomic E-state index is 10.9. The molecule has 1 aliphatic rings. The Bertz CT molecular complexity index is 420. The number of nitrogens with two attached hydrogens (primary N) is 1. The van der Waals surface area contributed by atoms with E-state index in [1.807, 2.05) is 0 Å². The quantitative estimate of drug-likeness (QED) is 0.613. The van der Waals surface area contributed by atoms with E-state index in [0.717, 1.165) is 0 Å². The van der Waals surface area contributed by atoms with E-state index in [1.54, 1.807) is 6.07 Å². The van der Waals surface area contributed by atoms with Gasteiger partial charge in [-0.25, -0.2) is 0 Å². The fourth-order valence-electron chi connectivity index (χ4n) is 1.64. The number of nitro benzene ring substituents is 1. The molecule has 0 radical (unpaired) electrons. The molecule has 2 N–H and O–H groups in total. The molecule has 6 heteroatoms. The predicted octanol–water partition coefficient (Wildman–Crippen LogP) is 1.21. The van der Waals surface area contributed by atoms with Crippen LogP contribution in [0.5, 0.6) is 11.5 Å². The van der Waals surface area contributed by atoms with E-state index in [1.165, 1.54) is 6.07 Å². The molecule has 2 rings (SSSR count). The third-order valence-electron chi connectivity index (χ3n) is 2.42. The summed E-state index contributed by atoms with van der Waals surface area (Å²) in [6.07, 6.45) is 1.28. The molecule has 0 unspecified atom stereocenters. The van der Waals surface area contributed by atoms with Crippen LogP contribution in [0.3, 0.4) is 0 Å². The van der Waals surface area contributed by atoms with Crippen LogP contribution in [0.2, 0.25) is 0 Å². The van der Waals surface area contributed by atoms with Crippen LogP contribution in [-0.4, -0.2) is 18.3 Å². The minimum Gasteiger partial charge on any atom is -0.454 e. The number of aryl methyl sites for hydroxylation is 1. The number of benzene rings is 1. The third-order valence-corrected chi connectivity index (χ3v) is 2.42. The molecule has 0 aliphatic carbocycles. The summed E-state index contributed by atoms with van der Waals surface area (Å²) >= 11 is 0. The molecule has 0 saturated heterocycles. The molecule has 0 saturated carbocycles. The highest BCUT2D eigenvalue weighted by molar-refractivity contribution is 5.55. The molecular weight excluding hydrogens is 212 g/mol. The number of nitrogens with zero attached hydrogens (tertiary/aromatic N) is 1. The van der Waals surface area contributed by atoms with Crippen LogP contribution >= 0.6 is 0 Å². The standard InChI is InChI=1S/C10H12N2O4/c11-3-1-2-7-4-9-10(16-6-15-9)5-8(7)12(13)14/h4-5H,1-3,6,11H2. The van der Waals surface area contributed by atoms with E-state index in [9.17, 15) is 10.1 Å². The van der Waals surface area contributed by atoms with Crippen LogP contribution in [0.15, 0.2) is 12.1 Å². The van der Waals surface area contributed by atoms with Gasteiger partial charge in [-0.1, -0.05) is 0 Å². The third kappa shape index (κ3) is 1.92. The van der Waals surface area contributed by atoms with E-state index >= 15 is 0 Å². The number of rotatable bonds is 4. The summed E-state index contributed by atoms with van der Waals surface area (Å²) in [6.45, 7) is 0.623. The largest absolute Gasteiger partial charge is 0.454 e. The zero-order valence-corrected chi connectivity index (χ0v) is 8.64. The lowest BCUT2D eigenvalue weighted by Gasteiger charge is -2.03. The van der Waals surface area contributed by atoms with E-state index in [4.69, 9.17) is 15.2 Å². The molecule has 0 spiro atoms. The van der Waals surface area contributed by atoms with E-state index in [0.29, 0.717) is 36.4 Å². The SMILES string of the molecule is NCCCc1cc2c(cc1[N+](=O)[O-])OCO2. The van der Waals surface area contributed by atoms with Crippen molar-refractivity contribution in [2.45, 2.75) is 12.8 Å². The predicted molar refractivity (Wildman–Crippen MR) is 56.6 cm³/mol. The van der Waals surface area contributed by atoms with Gasteiger partial charge in [0.1, 0.15) is 0 Å². The van der Waals surface area contributed by atoms with Crippen molar-refractivity contribution in [2.24, 2.45) is 5.73 Å². The Labute approximate surface area is 92.1 Å². The molecule has 0 atom stereocenters. The van der Waals surface area contributed by atoms with Crippen molar-refractivity contribution < 1.29 is 14.4 Å². The van der Waals surface area contributed by atoms with Gasteiger partial charge in [0.2, 0.25) is 6.79 Å². The van der Waals surface area contributed by atoms with Crippen molar-refractivity contribution >= 4 is 5.69 Å². The van der Waals surface area contributed by atoms with E-state index in [-0.39, 0.29) is 12.5 Å². The van der Waals surface area contributed by atoms with Crippen LogP contribution < -0.4 is 15.2 Å². The lowest BCUT2D eigenvalue weighted by molar-refractivity contribution is -0.385. The van der Waals surface area contributed by atoms with Crippen molar-refractivity contribution in [1.82, 2.24) is 0 Å². The second-order valence-electron chi connectivity index (χ2n) is 3.48. The van der Waals surface area contributed by atoms with Gasteiger partial charge in [0.15, 0.2) is 11.5 Å². The van der Waals surface area contributed by atoms with Gasteiger partial charge in [0.25, 0.3) is 5.69 Å². The summed E-state index contributed by atoms with van der Waals surface area (Å²) in [6, 6.07) is 3.07. The van der Waals surface area contributed by atoms with Crippen molar-refractivity contribution in [1.29, 1.82) is 0 Å². The first-order valence-corrected chi connectivity index (χ1v) is 4.99. The molecule has 16 heavy (non-hydrogen) atoms. The molecular formula is C10H12N2O4. The molecule has 0 aromatic heterocycles. The Balaban J connectivity index is 2.36. The molecule has 0 amide bonds. The number of hydrogen-bond acceptors (Lipinski definition) is 5. The first-order valence-electron chi connectivity index (χ1n) is 4.99. The summed E-state index contributed by atoms with van der Waals surface area (Å²) in [5.74, 6) is 1.00. The van der Waals surface area contributed by atoms with Crippen molar-refractivity contribution in [3.8, 4) is 11.5 Å². The van der Waals surface area contributed by atoms with Crippen molar-refractivity contribution in [2.75, 3.05) is 13.3 Å². The Kier molecular flexibility index (Phi) is 2.91. The summed E-state index contributed by atoms with van der Waals surface area (Å²) in [4.78, 5) is 10.5. The molecule has 86 valence electrons. The van der Waals surface area contributed by atoms with E-state index in [2.05, 4.69) is 0 Å². The lowest BCUT2D eigenvalue weighted by atomic mass is 10.1. The highest BCUT2D eigenvalue weighted by Crippen LogP contribution is 2.38. The Morgan fingerprint density at radius 1 is 1.38 bits per heavy atom. The number of hydrogen-bond donors (Lipinski definition) is 1. The molecule has 0 fully saturated rings. The molecule has 1 aliphatic heterocycles. The molecule has 6 nitrogen and oxygen atoms in total. The lowest BCUT2D eigenvalue weighted by Crippen LogP contribution is -2.02. The first-order chi connectivity index (χ1) is 7.72. The Morgan fingerprint density at radius 3 is 2.69 bits per heavy atom. The molecule has 0 bridgehead atoms. The van der Waals surface area contributed by atoms with Crippen LogP contribution in [0, 0.1) is 10.1 Å². The van der Waals surface area contributed by atoms with Gasteiger partial charge in [-0.15, -0.1) is 0 Å². The summed E-state index contributed by atoms with van der Waals surface area (Å²) in [5, 5.41) is 10.9. The summed E-state index contributed by atoms with van der Waals surface area (Å²) in [5.41, 5.74) is 6.10. The van der Waals surface area contributed by atoms with Gasteiger partial charge in [-0.05, 0) is 25.5 Å². The maximum absolute atomic E-state index is 10.9. The fourth-order valence-corrected chi connectivity index (χ4v) is 1.64. The zero-order chi connectivity index (χ0) is 11.5. The minimum atomic E-state index is -0.409. The smallest absolute Gasteiger partial charge is 0.276 e. The van der Waals surface area contributed by atoms with Gasteiger partial charge >= 0.3 is 0 Å². The summed E-state index contributed by atoms with van der Waals surface area (Å²) < 4.78 is 10.3. The number of ether oxygens (including phenoxy) is 2. The molecule has 1 aromatic carbocycles. The van der Waals surface area contributed by atoms with Gasteiger partial charge in [-0.2, -0.15) is 0 Å². The van der Waals surface area contributed by atoms with Crippen LogP contribution in [0.1, 0.15) is 12.0 Å². The van der Waals surface area contributed by atoms with Gasteiger partial charge < -0.3 is 15.2 Å². The molecule has 1 heterocycles. The Hall–Kier alpha value is -1.82. The average Bonchev–Trinajstić information content (AvgIpc) is 2.71. The van der Waals surface area contributed by atoms with Crippen LogP contribution in [0.4, 0.5) is 5.69 Å². The second kappa shape index (κ2) is 4.36. The van der Waals surface area contributed by atoms with Crippen LogP contribution in [-0.2, 0) is 6.42 Å². The Morgan fingerprint density at radius 2 is 2.06 bits per heavy atom. The summed E-state index contributed by atoms with van der Waals surface area (Å²) in [7, 11) is 0. The second-order valence-corrected chi connectivity index (χ2v) is 3.48. The average molecular weight is 224 g/mol. The normalized spacial score (nSPS) is 12.8. The number of fused-ring (bicyclic) bond motifs is 1. The maximum Gasteiger partial charge on any atom is 0.276 e.